The normalized spacial score (nSPS) is 11.0. The van der Waals surface area contributed by atoms with E-state index in [1.807, 2.05) is 25.1 Å². The van der Waals surface area contributed by atoms with Gasteiger partial charge in [0.15, 0.2) is 0 Å². The van der Waals surface area contributed by atoms with Crippen LogP contribution in [0.2, 0.25) is 0 Å². The van der Waals surface area contributed by atoms with Crippen LogP contribution >= 0.6 is 15.9 Å². The predicted octanol–water partition coefficient (Wildman–Crippen LogP) is 3.80. The van der Waals surface area contributed by atoms with E-state index in [9.17, 15) is 9.59 Å². The predicted molar refractivity (Wildman–Crippen MR) is 100 cm³/mol. The molecule has 0 spiro atoms. The van der Waals surface area contributed by atoms with Crippen LogP contribution in [0.1, 0.15) is 17.5 Å². The molecule has 2 aromatic carbocycles. The van der Waals surface area contributed by atoms with E-state index in [1.165, 1.54) is 15.7 Å². The van der Waals surface area contributed by atoms with E-state index in [1.54, 1.807) is 18.2 Å². The number of rotatable bonds is 5. The Bertz CT molecular complexity index is 1040. The van der Waals surface area contributed by atoms with Gasteiger partial charge in [0, 0.05) is 11.0 Å². The van der Waals surface area contributed by atoms with Crippen LogP contribution in [0.25, 0.3) is 10.9 Å². The van der Waals surface area contributed by atoms with Crippen LogP contribution in [0, 0.1) is 13.8 Å². The van der Waals surface area contributed by atoms with Crippen molar-refractivity contribution in [3.63, 3.8) is 0 Å². The Morgan fingerprint density at radius 2 is 1.88 bits per heavy atom. The van der Waals surface area contributed by atoms with Crippen LogP contribution in [0.3, 0.4) is 0 Å². The Kier molecular flexibility index (Phi) is 5.08. The molecule has 3 aromatic rings. The average molecular weight is 404 g/mol. The van der Waals surface area contributed by atoms with Crippen molar-refractivity contribution in [3.8, 4) is 5.75 Å². The molecule has 0 saturated carbocycles. The van der Waals surface area contributed by atoms with Crippen LogP contribution in [0.15, 0.2) is 54.9 Å². The van der Waals surface area contributed by atoms with E-state index in [2.05, 4.69) is 22.9 Å². The summed E-state index contributed by atoms with van der Waals surface area (Å²) in [6.45, 7) is 4.97. The van der Waals surface area contributed by atoms with Gasteiger partial charge in [-0.2, -0.15) is 0 Å². The molecule has 0 unspecified atom stereocenters. The molecule has 0 aliphatic carbocycles. The highest BCUT2D eigenvalue weighted by Gasteiger charge is 2.09. The lowest BCUT2D eigenvalue weighted by Crippen LogP contribution is -2.25. The van der Waals surface area contributed by atoms with Crippen molar-refractivity contribution in [2.24, 2.45) is 0 Å². The summed E-state index contributed by atoms with van der Waals surface area (Å²) in [5.41, 5.74) is 2.34. The number of hydrogen-bond donors (Lipinski definition) is 0. The van der Waals surface area contributed by atoms with E-state index in [-0.39, 0.29) is 0 Å². The van der Waals surface area contributed by atoms with Crippen molar-refractivity contribution in [2.45, 2.75) is 26.8 Å². The van der Waals surface area contributed by atoms with Gasteiger partial charge in [-0.3, -0.25) is 4.57 Å². The highest BCUT2D eigenvalue weighted by atomic mass is 79.9. The molecule has 0 saturated heterocycles. The van der Waals surface area contributed by atoms with E-state index in [4.69, 9.17) is 9.15 Å². The van der Waals surface area contributed by atoms with Gasteiger partial charge in [-0.15, -0.1) is 0 Å². The minimum Gasteiger partial charge on any atom is -0.494 e. The van der Waals surface area contributed by atoms with E-state index in [0.29, 0.717) is 30.5 Å². The van der Waals surface area contributed by atoms with Gasteiger partial charge in [-0.25, -0.2) is 9.59 Å². The molecule has 6 heteroatoms. The Morgan fingerprint density at radius 3 is 2.64 bits per heavy atom. The minimum atomic E-state index is -0.647. The number of hydrogen-bond acceptors (Lipinski definition) is 4. The van der Waals surface area contributed by atoms with Crippen LogP contribution in [-0.4, -0.2) is 11.2 Å². The van der Waals surface area contributed by atoms with Gasteiger partial charge in [-0.1, -0.05) is 22.0 Å². The summed E-state index contributed by atoms with van der Waals surface area (Å²) >= 11 is 3.32. The molecule has 0 amide bonds. The van der Waals surface area contributed by atoms with Crippen LogP contribution < -0.4 is 16.1 Å². The molecule has 1 aromatic heterocycles. The second-order valence-corrected chi connectivity index (χ2v) is 6.83. The number of benzene rings is 2. The number of nitrogens with zero attached hydrogens (tertiary/aromatic N) is 1. The molecule has 130 valence electrons. The first-order valence-electron chi connectivity index (χ1n) is 7.99. The summed E-state index contributed by atoms with van der Waals surface area (Å²) in [5.74, 6) is 0.162. The molecule has 0 bridgehead atoms. The van der Waals surface area contributed by atoms with Gasteiger partial charge < -0.3 is 9.15 Å². The Balaban J connectivity index is 1.74. The van der Waals surface area contributed by atoms with Gasteiger partial charge in [0.25, 0.3) is 0 Å². The maximum atomic E-state index is 12.0. The molecular formula is C19H18BrNO4. The number of fused-ring (bicyclic) bond motifs is 1. The van der Waals surface area contributed by atoms with E-state index >= 15 is 0 Å². The van der Waals surface area contributed by atoms with Crippen LogP contribution in [-0.2, 0) is 6.54 Å². The first-order valence-corrected chi connectivity index (χ1v) is 8.78. The highest BCUT2D eigenvalue weighted by Crippen LogP contribution is 2.18. The molecule has 3 rings (SSSR count). The quantitative estimate of drug-likeness (QED) is 0.607. The third-order valence-electron chi connectivity index (χ3n) is 4.14. The second-order valence-electron chi connectivity index (χ2n) is 5.92. The van der Waals surface area contributed by atoms with E-state index < -0.39 is 11.4 Å². The van der Waals surface area contributed by atoms with Crippen molar-refractivity contribution in [1.29, 1.82) is 0 Å². The van der Waals surface area contributed by atoms with Crippen LogP contribution in [0.4, 0.5) is 0 Å². The summed E-state index contributed by atoms with van der Waals surface area (Å²) in [6, 6.07) is 11.1. The van der Waals surface area contributed by atoms with Crippen molar-refractivity contribution in [2.75, 3.05) is 6.61 Å². The minimum absolute atomic E-state index is 0.379. The SMILES string of the molecule is Cc1ccc(OCCCn2c(=O)oc(=O)c3cc(Br)ccc32)cc1C. The summed E-state index contributed by atoms with van der Waals surface area (Å²) in [4.78, 5) is 23.9. The summed E-state index contributed by atoms with van der Waals surface area (Å²) in [5, 5.41) is 0.379. The zero-order valence-corrected chi connectivity index (χ0v) is 15.6. The third kappa shape index (κ3) is 3.85. The topological polar surface area (TPSA) is 61.4 Å². The first kappa shape index (κ1) is 17.5. The van der Waals surface area contributed by atoms with E-state index in [0.717, 1.165) is 10.2 Å². The fourth-order valence-corrected chi connectivity index (χ4v) is 2.98. The van der Waals surface area contributed by atoms with Gasteiger partial charge in [0.1, 0.15) is 5.75 Å². The number of halogens is 1. The van der Waals surface area contributed by atoms with Gasteiger partial charge in [0.05, 0.1) is 17.5 Å². The first-order chi connectivity index (χ1) is 12.0. The molecule has 0 N–H and O–H groups in total. The lowest BCUT2D eigenvalue weighted by atomic mass is 10.1. The Hall–Kier alpha value is -2.34. The zero-order valence-electron chi connectivity index (χ0n) is 14.0. The maximum Gasteiger partial charge on any atom is 0.422 e. The monoisotopic (exact) mass is 403 g/mol. The lowest BCUT2D eigenvalue weighted by Gasteiger charge is -2.10. The number of aryl methyl sites for hydroxylation is 3. The fraction of sp³-hybridized carbons (Fsp3) is 0.263. The third-order valence-corrected chi connectivity index (χ3v) is 4.64. The van der Waals surface area contributed by atoms with Crippen molar-refractivity contribution in [1.82, 2.24) is 4.57 Å². The van der Waals surface area contributed by atoms with Crippen molar-refractivity contribution < 1.29 is 9.15 Å². The summed E-state index contributed by atoms with van der Waals surface area (Å²) < 4.78 is 12.8. The molecular weight excluding hydrogens is 386 g/mol. The summed E-state index contributed by atoms with van der Waals surface area (Å²) in [7, 11) is 0. The molecule has 0 radical (unpaired) electrons. The fourth-order valence-electron chi connectivity index (χ4n) is 2.62. The highest BCUT2D eigenvalue weighted by molar-refractivity contribution is 9.10. The van der Waals surface area contributed by atoms with Crippen molar-refractivity contribution in [3.05, 3.63) is 73.0 Å². The molecule has 0 aliphatic heterocycles. The molecule has 1 heterocycles. The van der Waals surface area contributed by atoms with Crippen molar-refractivity contribution >= 4 is 26.8 Å². The number of aromatic nitrogens is 1. The maximum absolute atomic E-state index is 12.0. The molecule has 5 nitrogen and oxygen atoms in total. The van der Waals surface area contributed by atoms with Gasteiger partial charge >= 0.3 is 11.4 Å². The zero-order chi connectivity index (χ0) is 18.0. The van der Waals surface area contributed by atoms with Crippen LogP contribution in [0.5, 0.6) is 5.75 Å². The molecule has 0 fully saturated rings. The standard InChI is InChI=1S/C19H18BrNO4/c1-12-4-6-15(10-13(12)2)24-9-3-8-21-17-7-5-14(20)11-16(17)18(22)25-19(21)23/h4-7,10-11H,3,8-9H2,1-2H3. The number of ether oxygens (including phenoxy) is 1. The molecule has 0 atom stereocenters. The lowest BCUT2D eigenvalue weighted by molar-refractivity contribution is 0.296. The summed E-state index contributed by atoms with van der Waals surface area (Å²) in [6.07, 6.45) is 0.617. The second kappa shape index (κ2) is 7.27. The average Bonchev–Trinajstić information content (AvgIpc) is 2.57. The van der Waals surface area contributed by atoms with Gasteiger partial charge in [-0.05, 0) is 61.7 Å². The molecule has 0 aliphatic rings. The Morgan fingerprint density at radius 1 is 1.08 bits per heavy atom. The Labute approximate surface area is 153 Å². The molecule has 25 heavy (non-hydrogen) atoms. The largest absolute Gasteiger partial charge is 0.494 e. The van der Waals surface area contributed by atoms with Gasteiger partial charge in [0.2, 0.25) is 0 Å². The smallest absolute Gasteiger partial charge is 0.422 e.